The second-order valence-electron chi connectivity index (χ2n) is 4.52. The summed E-state index contributed by atoms with van der Waals surface area (Å²) in [5.41, 5.74) is 5.70. The molecule has 1 saturated heterocycles. The Morgan fingerprint density at radius 1 is 1.33 bits per heavy atom. The van der Waals surface area contributed by atoms with E-state index in [4.69, 9.17) is 5.73 Å². The lowest BCUT2D eigenvalue weighted by Crippen LogP contribution is -2.31. The zero-order valence-corrected chi connectivity index (χ0v) is 8.00. The highest BCUT2D eigenvalue weighted by atomic mass is 15.2. The monoisotopic (exact) mass is 168 g/mol. The van der Waals surface area contributed by atoms with Gasteiger partial charge in [-0.05, 0) is 25.3 Å². The van der Waals surface area contributed by atoms with Gasteiger partial charge in [0.1, 0.15) is 0 Å². The highest BCUT2D eigenvalue weighted by Gasteiger charge is 2.35. The molecule has 2 heteroatoms. The fraction of sp³-hybridized carbons (Fsp3) is 1.00. The van der Waals surface area contributed by atoms with Crippen molar-refractivity contribution in [3.05, 3.63) is 0 Å². The first-order chi connectivity index (χ1) is 5.81. The predicted molar refractivity (Wildman–Crippen MR) is 50.9 cm³/mol. The molecule has 0 spiro atoms. The fourth-order valence-corrected chi connectivity index (χ4v) is 2.65. The lowest BCUT2D eigenvalue weighted by atomic mass is 9.75. The summed E-state index contributed by atoms with van der Waals surface area (Å²) in [6, 6.07) is 0.676. The molecule has 0 radical (unpaired) electrons. The Labute approximate surface area is 75.1 Å². The molecule has 1 heterocycles. The van der Waals surface area contributed by atoms with Crippen molar-refractivity contribution in [2.45, 2.75) is 31.7 Å². The number of nitrogens with zero attached hydrogens (tertiary/aromatic N) is 1. The van der Waals surface area contributed by atoms with Gasteiger partial charge in [-0.25, -0.2) is 0 Å². The van der Waals surface area contributed by atoms with E-state index in [0.717, 1.165) is 18.4 Å². The Kier molecular flexibility index (Phi) is 2.37. The molecule has 0 aromatic rings. The summed E-state index contributed by atoms with van der Waals surface area (Å²) < 4.78 is 0. The number of likely N-dealkylation sites (N-methyl/N-ethyl adjacent to an activating group) is 1. The first kappa shape index (κ1) is 8.52. The van der Waals surface area contributed by atoms with Crippen LogP contribution in [0.5, 0.6) is 0 Å². The minimum atomic E-state index is 0.676. The van der Waals surface area contributed by atoms with Crippen molar-refractivity contribution < 1.29 is 0 Å². The maximum absolute atomic E-state index is 5.70. The molecule has 2 nitrogen and oxygen atoms in total. The van der Waals surface area contributed by atoms with E-state index in [-0.39, 0.29) is 0 Å². The van der Waals surface area contributed by atoms with Gasteiger partial charge in [0.15, 0.2) is 0 Å². The van der Waals surface area contributed by atoms with Crippen molar-refractivity contribution in [1.82, 2.24) is 4.90 Å². The quantitative estimate of drug-likeness (QED) is 0.668. The maximum Gasteiger partial charge on any atom is 0.0218 e. The predicted octanol–water partition coefficient (Wildman–Crippen LogP) is 1.07. The molecule has 2 unspecified atom stereocenters. The van der Waals surface area contributed by atoms with Crippen LogP contribution in [0.15, 0.2) is 0 Å². The number of hydrogen-bond acceptors (Lipinski definition) is 2. The van der Waals surface area contributed by atoms with Crippen LogP contribution in [0.25, 0.3) is 0 Å². The Bertz CT molecular complexity index is 154. The fourth-order valence-electron chi connectivity index (χ4n) is 2.65. The summed E-state index contributed by atoms with van der Waals surface area (Å²) in [4.78, 5) is 2.45. The van der Waals surface area contributed by atoms with Crippen LogP contribution < -0.4 is 5.73 Å². The van der Waals surface area contributed by atoms with Crippen molar-refractivity contribution in [2.75, 3.05) is 20.1 Å². The van der Waals surface area contributed by atoms with Crippen LogP contribution in [0.3, 0.4) is 0 Å². The van der Waals surface area contributed by atoms with Crippen LogP contribution in [-0.2, 0) is 0 Å². The van der Waals surface area contributed by atoms with Gasteiger partial charge in [-0.3, -0.25) is 0 Å². The zero-order chi connectivity index (χ0) is 8.55. The minimum absolute atomic E-state index is 0.676. The lowest BCUT2D eigenvalue weighted by Gasteiger charge is -2.31. The summed E-state index contributed by atoms with van der Waals surface area (Å²) in [7, 11) is 2.22. The smallest absolute Gasteiger partial charge is 0.0218 e. The van der Waals surface area contributed by atoms with Crippen LogP contribution in [-0.4, -0.2) is 31.1 Å². The first-order valence-corrected chi connectivity index (χ1v) is 5.21. The van der Waals surface area contributed by atoms with E-state index in [9.17, 15) is 0 Å². The molecule has 2 aliphatic rings. The molecule has 2 fully saturated rings. The largest absolute Gasteiger partial charge is 0.329 e. The number of hydrogen-bond donors (Lipinski definition) is 1. The van der Waals surface area contributed by atoms with E-state index in [0.29, 0.717) is 6.04 Å². The Morgan fingerprint density at radius 3 is 2.50 bits per heavy atom. The Balaban J connectivity index is 1.86. The van der Waals surface area contributed by atoms with E-state index in [1.807, 2.05) is 0 Å². The summed E-state index contributed by atoms with van der Waals surface area (Å²) >= 11 is 0. The van der Waals surface area contributed by atoms with Gasteiger partial charge in [0, 0.05) is 19.1 Å². The van der Waals surface area contributed by atoms with Crippen LogP contribution in [0.1, 0.15) is 25.7 Å². The molecule has 0 aromatic heterocycles. The molecular formula is C10H20N2. The van der Waals surface area contributed by atoms with E-state index < -0.39 is 0 Å². The van der Waals surface area contributed by atoms with E-state index in [2.05, 4.69) is 11.9 Å². The molecule has 2 rings (SSSR count). The molecule has 1 saturated carbocycles. The third-order valence-electron chi connectivity index (χ3n) is 3.81. The van der Waals surface area contributed by atoms with Gasteiger partial charge in [-0.15, -0.1) is 0 Å². The van der Waals surface area contributed by atoms with Crippen LogP contribution >= 0.6 is 0 Å². The SMILES string of the molecule is CN1CC(C2CCC2)CC1CN. The van der Waals surface area contributed by atoms with Crippen LogP contribution in [0, 0.1) is 11.8 Å². The standard InChI is InChI=1S/C10H20N2/c1-12-7-9(5-10(12)6-11)8-3-2-4-8/h8-10H,2-7,11H2,1H3. The van der Waals surface area contributed by atoms with Crippen molar-refractivity contribution in [3.63, 3.8) is 0 Å². The topological polar surface area (TPSA) is 29.3 Å². The second-order valence-corrected chi connectivity index (χ2v) is 4.52. The molecule has 0 amide bonds. The molecule has 2 N–H and O–H groups in total. The van der Waals surface area contributed by atoms with Gasteiger partial charge in [0.25, 0.3) is 0 Å². The average Bonchev–Trinajstić information content (AvgIpc) is 2.27. The van der Waals surface area contributed by atoms with Gasteiger partial charge < -0.3 is 10.6 Å². The summed E-state index contributed by atoms with van der Waals surface area (Å²) in [5.74, 6) is 2.02. The van der Waals surface area contributed by atoms with Gasteiger partial charge in [-0.1, -0.05) is 19.3 Å². The second kappa shape index (κ2) is 3.35. The number of nitrogens with two attached hydrogens (primary N) is 1. The zero-order valence-electron chi connectivity index (χ0n) is 8.00. The average molecular weight is 168 g/mol. The van der Waals surface area contributed by atoms with Gasteiger partial charge in [0.2, 0.25) is 0 Å². The van der Waals surface area contributed by atoms with E-state index >= 15 is 0 Å². The number of likely N-dealkylation sites (tertiary alicyclic amines) is 1. The normalized spacial score (nSPS) is 38.5. The van der Waals surface area contributed by atoms with Crippen molar-refractivity contribution in [3.8, 4) is 0 Å². The molecule has 0 aromatic carbocycles. The van der Waals surface area contributed by atoms with E-state index in [1.165, 1.54) is 32.2 Å². The minimum Gasteiger partial charge on any atom is -0.329 e. The Hall–Kier alpha value is -0.0800. The van der Waals surface area contributed by atoms with Crippen molar-refractivity contribution in [1.29, 1.82) is 0 Å². The molecule has 0 bridgehead atoms. The summed E-state index contributed by atoms with van der Waals surface area (Å²) in [5, 5.41) is 0. The first-order valence-electron chi connectivity index (χ1n) is 5.21. The molecule has 1 aliphatic carbocycles. The van der Waals surface area contributed by atoms with E-state index in [1.54, 1.807) is 0 Å². The highest BCUT2D eigenvalue weighted by molar-refractivity contribution is 4.89. The molecule has 70 valence electrons. The van der Waals surface area contributed by atoms with Gasteiger partial charge in [-0.2, -0.15) is 0 Å². The van der Waals surface area contributed by atoms with Crippen molar-refractivity contribution >= 4 is 0 Å². The molecule has 2 atom stereocenters. The van der Waals surface area contributed by atoms with Gasteiger partial charge >= 0.3 is 0 Å². The summed E-state index contributed by atoms with van der Waals surface area (Å²) in [6.07, 6.45) is 5.79. The lowest BCUT2D eigenvalue weighted by molar-refractivity contribution is 0.208. The highest BCUT2D eigenvalue weighted by Crippen LogP contribution is 2.39. The number of rotatable bonds is 2. The third kappa shape index (κ3) is 1.38. The van der Waals surface area contributed by atoms with Crippen LogP contribution in [0.4, 0.5) is 0 Å². The van der Waals surface area contributed by atoms with Crippen molar-refractivity contribution in [2.24, 2.45) is 17.6 Å². The molecule has 1 aliphatic heterocycles. The maximum atomic E-state index is 5.70. The summed E-state index contributed by atoms with van der Waals surface area (Å²) in [6.45, 7) is 2.15. The van der Waals surface area contributed by atoms with Crippen LogP contribution in [0.2, 0.25) is 0 Å². The molecular weight excluding hydrogens is 148 g/mol. The Morgan fingerprint density at radius 2 is 2.08 bits per heavy atom. The molecule has 12 heavy (non-hydrogen) atoms. The third-order valence-corrected chi connectivity index (χ3v) is 3.81. The van der Waals surface area contributed by atoms with Gasteiger partial charge in [0.05, 0.1) is 0 Å².